The molecule has 5 heteroatoms. The Hall–Kier alpha value is -1.33. The monoisotopic (exact) mass is 211 g/mol. The number of aldehydes is 1. The summed E-state index contributed by atoms with van der Waals surface area (Å²) in [7, 11) is 3.62. The SMILES string of the molecule is CN(C)c1oc(C2OCCO2)cc1C=O. The van der Waals surface area contributed by atoms with Gasteiger partial charge in [-0.3, -0.25) is 4.79 Å². The third-order valence-corrected chi connectivity index (χ3v) is 2.15. The molecule has 0 amide bonds. The number of furan rings is 1. The molecule has 0 unspecified atom stereocenters. The van der Waals surface area contributed by atoms with Gasteiger partial charge < -0.3 is 18.8 Å². The van der Waals surface area contributed by atoms with Crippen molar-refractivity contribution in [1.82, 2.24) is 0 Å². The van der Waals surface area contributed by atoms with Crippen molar-refractivity contribution in [1.29, 1.82) is 0 Å². The largest absolute Gasteiger partial charge is 0.439 e. The Bertz CT molecular complexity index is 352. The third-order valence-electron chi connectivity index (χ3n) is 2.15. The summed E-state index contributed by atoms with van der Waals surface area (Å²) < 4.78 is 16.1. The summed E-state index contributed by atoms with van der Waals surface area (Å²) in [5.74, 6) is 1.07. The lowest BCUT2D eigenvalue weighted by molar-refractivity contribution is -0.0585. The van der Waals surface area contributed by atoms with Crippen LogP contribution in [0.4, 0.5) is 5.88 Å². The lowest BCUT2D eigenvalue weighted by Crippen LogP contribution is -2.09. The van der Waals surface area contributed by atoms with Crippen LogP contribution >= 0.6 is 0 Å². The summed E-state index contributed by atoms with van der Waals surface area (Å²) in [5.41, 5.74) is 0.508. The number of hydrogen-bond donors (Lipinski definition) is 0. The first kappa shape index (κ1) is 10.2. The lowest BCUT2D eigenvalue weighted by atomic mass is 10.3. The predicted molar refractivity (Wildman–Crippen MR) is 53.1 cm³/mol. The van der Waals surface area contributed by atoms with Crippen molar-refractivity contribution in [3.05, 3.63) is 17.4 Å². The fraction of sp³-hybridized carbons (Fsp3) is 0.500. The van der Waals surface area contributed by atoms with Crippen molar-refractivity contribution in [2.24, 2.45) is 0 Å². The predicted octanol–water partition coefficient (Wildman–Crippen LogP) is 1.20. The molecule has 0 radical (unpaired) electrons. The molecule has 1 fully saturated rings. The van der Waals surface area contributed by atoms with E-state index < -0.39 is 6.29 Å². The van der Waals surface area contributed by atoms with E-state index in [0.717, 1.165) is 6.29 Å². The molecule has 0 aliphatic carbocycles. The normalized spacial score (nSPS) is 16.9. The second-order valence-corrected chi connectivity index (χ2v) is 3.50. The van der Waals surface area contributed by atoms with Gasteiger partial charge in [-0.2, -0.15) is 0 Å². The van der Waals surface area contributed by atoms with Crippen LogP contribution in [0.25, 0.3) is 0 Å². The van der Waals surface area contributed by atoms with Gasteiger partial charge in [0.15, 0.2) is 12.0 Å². The van der Waals surface area contributed by atoms with Crippen molar-refractivity contribution in [2.75, 3.05) is 32.2 Å². The van der Waals surface area contributed by atoms with Crippen molar-refractivity contribution >= 4 is 12.2 Å². The van der Waals surface area contributed by atoms with Gasteiger partial charge in [-0.15, -0.1) is 0 Å². The fourth-order valence-electron chi connectivity index (χ4n) is 1.49. The minimum atomic E-state index is -0.475. The van der Waals surface area contributed by atoms with E-state index in [-0.39, 0.29) is 0 Å². The van der Waals surface area contributed by atoms with Gasteiger partial charge in [-0.1, -0.05) is 0 Å². The van der Waals surface area contributed by atoms with Crippen molar-refractivity contribution in [3.8, 4) is 0 Å². The number of hydrogen-bond acceptors (Lipinski definition) is 5. The van der Waals surface area contributed by atoms with E-state index in [4.69, 9.17) is 13.9 Å². The van der Waals surface area contributed by atoms with E-state index in [9.17, 15) is 4.79 Å². The Morgan fingerprint density at radius 2 is 2.07 bits per heavy atom. The molecular weight excluding hydrogens is 198 g/mol. The molecule has 0 aromatic carbocycles. The summed E-state index contributed by atoms with van der Waals surface area (Å²) in [6, 6.07) is 1.65. The molecule has 5 nitrogen and oxygen atoms in total. The maximum atomic E-state index is 10.8. The van der Waals surface area contributed by atoms with Gasteiger partial charge in [0.2, 0.25) is 12.2 Å². The van der Waals surface area contributed by atoms with Crippen LogP contribution in [0, 0.1) is 0 Å². The summed E-state index contributed by atoms with van der Waals surface area (Å²) in [4.78, 5) is 12.5. The number of carbonyl (C=O) groups excluding carboxylic acids is 1. The average Bonchev–Trinajstić information content (AvgIpc) is 2.86. The molecular formula is C10H13NO4. The van der Waals surface area contributed by atoms with E-state index in [1.807, 2.05) is 14.1 Å². The molecule has 1 aromatic rings. The molecule has 0 saturated carbocycles. The number of carbonyl (C=O) groups is 1. The van der Waals surface area contributed by atoms with E-state index in [1.165, 1.54) is 0 Å². The van der Waals surface area contributed by atoms with Crippen molar-refractivity contribution in [2.45, 2.75) is 6.29 Å². The highest BCUT2D eigenvalue weighted by Crippen LogP contribution is 2.30. The number of ether oxygens (including phenoxy) is 2. The molecule has 15 heavy (non-hydrogen) atoms. The number of nitrogens with zero attached hydrogens (tertiary/aromatic N) is 1. The first-order valence-corrected chi connectivity index (χ1v) is 4.72. The summed E-state index contributed by atoms with van der Waals surface area (Å²) in [6.45, 7) is 1.11. The molecule has 0 bridgehead atoms. The summed E-state index contributed by atoms with van der Waals surface area (Å²) >= 11 is 0. The molecule has 2 heterocycles. The molecule has 1 aromatic heterocycles. The van der Waals surface area contributed by atoms with Gasteiger partial charge in [0.05, 0.1) is 18.8 Å². The molecule has 0 spiro atoms. The van der Waals surface area contributed by atoms with Gasteiger partial charge in [-0.25, -0.2) is 0 Å². The lowest BCUT2D eigenvalue weighted by Gasteiger charge is -2.09. The zero-order valence-corrected chi connectivity index (χ0v) is 8.73. The molecule has 2 rings (SSSR count). The minimum Gasteiger partial charge on any atom is -0.439 e. The van der Waals surface area contributed by atoms with Crippen LogP contribution in [-0.4, -0.2) is 33.6 Å². The molecule has 82 valence electrons. The van der Waals surface area contributed by atoms with E-state index in [2.05, 4.69) is 0 Å². The van der Waals surface area contributed by atoms with Gasteiger partial charge in [-0.05, 0) is 6.07 Å². The van der Waals surface area contributed by atoms with Crippen molar-refractivity contribution < 1.29 is 18.7 Å². The zero-order chi connectivity index (χ0) is 10.8. The Labute approximate surface area is 87.6 Å². The zero-order valence-electron chi connectivity index (χ0n) is 8.73. The van der Waals surface area contributed by atoms with Gasteiger partial charge >= 0.3 is 0 Å². The van der Waals surface area contributed by atoms with Crippen LogP contribution in [-0.2, 0) is 9.47 Å². The topological polar surface area (TPSA) is 51.9 Å². The molecule has 1 aliphatic heterocycles. The fourth-order valence-corrected chi connectivity index (χ4v) is 1.49. The molecule has 1 saturated heterocycles. The van der Waals surface area contributed by atoms with E-state index >= 15 is 0 Å². The first-order valence-electron chi connectivity index (χ1n) is 4.72. The Kier molecular flexibility index (Phi) is 2.75. The summed E-state index contributed by atoms with van der Waals surface area (Å²) in [6.07, 6.45) is 0.287. The van der Waals surface area contributed by atoms with Gasteiger partial charge in [0.1, 0.15) is 0 Å². The third kappa shape index (κ3) is 1.88. The Balaban J connectivity index is 2.29. The maximum absolute atomic E-state index is 10.8. The molecule has 0 atom stereocenters. The second-order valence-electron chi connectivity index (χ2n) is 3.50. The van der Waals surface area contributed by atoms with Crippen LogP contribution in [0.3, 0.4) is 0 Å². The van der Waals surface area contributed by atoms with Gasteiger partial charge in [0.25, 0.3) is 0 Å². The van der Waals surface area contributed by atoms with Crippen LogP contribution in [0.2, 0.25) is 0 Å². The van der Waals surface area contributed by atoms with Crippen LogP contribution in [0.15, 0.2) is 10.5 Å². The molecule has 1 aliphatic rings. The first-order chi connectivity index (χ1) is 7.22. The highest BCUT2D eigenvalue weighted by atomic mass is 16.7. The second kappa shape index (κ2) is 4.04. The standard InChI is InChI=1S/C10H13NO4/c1-11(2)9-7(6-12)5-8(15-9)10-13-3-4-14-10/h5-6,10H,3-4H2,1-2H3. The van der Waals surface area contributed by atoms with E-state index in [0.29, 0.717) is 30.4 Å². The smallest absolute Gasteiger partial charge is 0.217 e. The maximum Gasteiger partial charge on any atom is 0.217 e. The molecule has 0 N–H and O–H groups in total. The van der Waals surface area contributed by atoms with Crippen LogP contribution in [0.5, 0.6) is 0 Å². The number of rotatable bonds is 3. The number of anilines is 1. The summed E-state index contributed by atoms with van der Waals surface area (Å²) in [5, 5.41) is 0. The van der Waals surface area contributed by atoms with Crippen LogP contribution in [0.1, 0.15) is 22.4 Å². The highest BCUT2D eigenvalue weighted by molar-refractivity contribution is 5.82. The minimum absolute atomic E-state index is 0.475. The van der Waals surface area contributed by atoms with Crippen molar-refractivity contribution in [3.63, 3.8) is 0 Å². The Morgan fingerprint density at radius 1 is 1.40 bits per heavy atom. The van der Waals surface area contributed by atoms with E-state index in [1.54, 1.807) is 11.0 Å². The van der Waals surface area contributed by atoms with Crippen LogP contribution < -0.4 is 4.90 Å². The van der Waals surface area contributed by atoms with Gasteiger partial charge in [0, 0.05) is 14.1 Å². The Morgan fingerprint density at radius 3 is 2.53 bits per heavy atom. The average molecular weight is 211 g/mol. The quantitative estimate of drug-likeness (QED) is 0.703. The highest BCUT2D eigenvalue weighted by Gasteiger charge is 2.24.